The number of aromatic nitrogens is 1. The average molecular weight is 331 g/mol. The Morgan fingerprint density at radius 2 is 2.22 bits per heavy atom. The highest BCUT2D eigenvalue weighted by molar-refractivity contribution is 7.12. The van der Waals surface area contributed by atoms with E-state index in [-0.39, 0.29) is 29.3 Å². The molecule has 0 aliphatic carbocycles. The molecule has 3 heterocycles. The van der Waals surface area contributed by atoms with Crippen molar-refractivity contribution in [3.63, 3.8) is 0 Å². The summed E-state index contributed by atoms with van der Waals surface area (Å²) in [6.45, 7) is 1.05. The molecule has 1 atom stereocenters. The van der Waals surface area contributed by atoms with Gasteiger partial charge in [-0.3, -0.25) is 9.59 Å². The van der Waals surface area contributed by atoms with Gasteiger partial charge in [0.05, 0.1) is 10.8 Å². The molecular formula is C16H17N3O3S. The molecule has 0 unspecified atom stereocenters. The lowest BCUT2D eigenvalue weighted by molar-refractivity contribution is -0.121. The molecule has 1 saturated heterocycles. The zero-order chi connectivity index (χ0) is 16.2. The maximum Gasteiger partial charge on any atom is 0.263 e. The second kappa shape index (κ2) is 6.78. The van der Waals surface area contributed by atoms with Crippen LogP contribution in [0.15, 0.2) is 35.8 Å². The van der Waals surface area contributed by atoms with Gasteiger partial charge in [-0.15, -0.1) is 11.3 Å². The Hall–Kier alpha value is -2.41. The van der Waals surface area contributed by atoms with Crippen LogP contribution in [0.3, 0.4) is 0 Å². The molecule has 2 N–H and O–H groups in total. The third-order valence-electron chi connectivity index (χ3n) is 3.84. The van der Waals surface area contributed by atoms with Crippen LogP contribution in [0.25, 0.3) is 0 Å². The average Bonchev–Trinajstić information content (AvgIpc) is 3.11. The van der Waals surface area contributed by atoms with Crippen molar-refractivity contribution in [1.29, 1.82) is 0 Å². The molecule has 0 bridgehead atoms. The second-order valence-corrected chi connectivity index (χ2v) is 6.38. The molecule has 0 aromatic carbocycles. The first-order chi connectivity index (χ1) is 11.1. The van der Waals surface area contributed by atoms with E-state index >= 15 is 0 Å². The van der Waals surface area contributed by atoms with Crippen molar-refractivity contribution in [1.82, 2.24) is 9.88 Å². The van der Waals surface area contributed by atoms with Crippen LogP contribution in [-0.2, 0) is 4.79 Å². The summed E-state index contributed by atoms with van der Waals surface area (Å²) < 4.78 is 0. The monoisotopic (exact) mass is 331 g/mol. The molecule has 0 spiro atoms. The van der Waals surface area contributed by atoms with Crippen LogP contribution in [0.2, 0.25) is 0 Å². The summed E-state index contributed by atoms with van der Waals surface area (Å²) in [5.41, 5.74) is 0. The predicted octanol–water partition coefficient (Wildman–Crippen LogP) is 2.34. The largest absolute Gasteiger partial charge is 0.504 e. The maximum atomic E-state index is 12.4. The minimum Gasteiger partial charge on any atom is -0.504 e. The summed E-state index contributed by atoms with van der Waals surface area (Å²) in [7, 11) is 0. The topological polar surface area (TPSA) is 82.5 Å². The Labute approximate surface area is 137 Å². The number of aromatic hydroxyl groups is 1. The van der Waals surface area contributed by atoms with Crippen molar-refractivity contribution in [2.75, 3.05) is 18.4 Å². The molecule has 23 heavy (non-hydrogen) atoms. The molecule has 0 radical (unpaired) electrons. The first-order valence-electron chi connectivity index (χ1n) is 7.43. The van der Waals surface area contributed by atoms with Gasteiger partial charge < -0.3 is 15.3 Å². The van der Waals surface area contributed by atoms with Crippen molar-refractivity contribution in [2.45, 2.75) is 12.8 Å². The lowest BCUT2D eigenvalue weighted by Crippen LogP contribution is -2.43. The van der Waals surface area contributed by atoms with E-state index in [0.29, 0.717) is 24.4 Å². The minimum absolute atomic E-state index is 0.0295. The summed E-state index contributed by atoms with van der Waals surface area (Å²) in [6, 6.07) is 6.70. The van der Waals surface area contributed by atoms with E-state index in [1.54, 1.807) is 17.0 Å². The van der Waals surface area contributed by atoms with E-state index in [0.717, 1.165) is 6.42 Å². The summed E-state index contributed by atoms with van der Waals surface area (Å²) in [4.78, 5) is 31.1. The zero-order valence-electron chi connectivity index (χ0n) is 12.4. The number of nitrogens with one attached hydrogen (secondary N) is 1. The van der Waals surface area contributed by atoms with Crippen molar-refractivity contribution in [3.8, 4) is 5.75 Å². The Balaban J connectivity index is 1.65. The molecule has 7 heteroatoms. The summed E-state index contributed by atoms with van der Waals surface area (Å²) in [5.74, 6) is -0.461. The van der Waals surface area contributed by atoms with Crippen molar-refractivity contribution < 1.29 is 14.7 Å². The first-order valence-corrected chi connectivity index (χ1v) is 8.31. The van der Waals surface area contributed by atoms with Gasteiger partial charge >= 0.3 is 0 Å². The Kier molecular flexibility index (Phi) is 4.57. The van der Waals surface area contributed by atoms with Gasteiger partial charge in [0, 0.05) is 19.3 Å². The summed E-state index contributed by atoms with van der Waals surface area (Å²) >= 11 is 1.40. The highest BCUT2D eigenvalue weighted by Gasteiger charge is 2.29. The van der Waals surface area contributed by atoms with Gasteiger partial charge in [0.15, 0.2) is 11.6 Å². The van der Waals surface area contributed by atoms with E-state index in [4.69, 9.17) is 0 Å². The van der Waals surface area contributed by atoms with Gasteiger partial charge in [0.1, 0.15) is 0 Å². The fraction of sp³-hybridized carbons (Fsp3) is 0.312. The van der Waals surface area contributed by atoms with Crippen LogP contribution < -0.4 is 5.32 Å². The Bertz CT molecular complexity index is 702. The van der Waals surface area contributed by atoms with Crippen molar-refractivity contribution in [3.05, 3.63) is 40.7 Å². The van der Waals surface area contributed by atoms with Crippen molar-refractivity contribution >= 4 is 29.0 Å². The number of hydrogen-bond donors (Lipinski definition) is 2. The molecular weight excluding hydrogens is 314 g/mol. The Morgan fingerprint density at radius 3 is 2.96 bits per heavy atom. The highest BCUT2D eigenvalue weighted by atomic mass is 32.1. The second-order valence-electron chi connectivity index (χ2n) is 5.43. The normalized spacial score (nSPS) is 17.7. The fourth-order valence-corrected chi connectivity index (χ4v) is 3.33. The number of thiophene rings is 1. The lowest BCUT2D eigenvalue weighted by atomic mass is 9.97. The number of anilines is 1. The molecule has 2 aromatic rings. The number of likely N-dealkylation sites (tertiary alicyclic amines) is 1. The highest BCUT2D eigenvalue weighted by Crippen LogP contribution is 2.24. The van der Waals surface area contributed by atoms with Crippen LogP contribution in [0, 0.1) is 5.92 Å². The number of nitrogens with zero attached hydrogens (tertiary/aromatic N) is 2. The molecule has 1 aliphatic rings. The molecule has 1 fully saturated rings. The number of carbonyl (C=O) groups excluding carboxylic acids is 2. The van der Waals surface area contributed by atoms with Crippen LogP contribution in [0.4, 0.5) is 5.82 Å². The smallest absolute Gasteiger partial charge is 0.263 e. The molecule has 3 rings (SSSR count). The van der Waals surface area contributed by atoms with Crippen LogP contribution in [0.1, 0.15) is 22.5 Å². The summed E-state index contributed by atoms with van der Waals surface area (Å²) in [5, 5.41) is 14.2. The van der Waals surface area contributed by atoms with E-state index in [2.05, 4.69) is 10.3 Å². The fourth-order valence-electron chi connectivity index (χ4n) is 2.64. The number of amides is 2. The first kappa shape index (κ1) is 15.5. The van der Waals surface area contributed by atoms with Crippen LogP contribution >= 0.6 is 11.3 Å². The number of pyridine rings is 1. The predicted molar refractivity (Wildman–Crippen MR) is 87.5 cm³/mol. The maximum absolute atomic E-state index is 12.4. The molecule has 2 amide bonds. The Morgan fingerprint density at radius 1 is 1.35 bits per heavy atom. The van der Waals surface area contributed by atoms with Gasteiger partial charge in [0.25, 0.3) is 5.91 Å². The van der Waals surface area contributed by atoms with E-state index in [1.165, 1.54) is 23.6 Å². The molecule has 0 saturated carbocycles. The molecule has 1 aliphatic heterocycles. The van der Waals surface area contributed by atoms with E-state index in [9.17, 15) is 14.7 Å². The van der Waals surface area contributed by atoms with Crippen molar-refractivity contribution in [2.24, 2.45) is 5.92 Å². The number of carbonyl (C=O) groups is 2. The molecule has 6 nitrogen and oxygen atoms in total. The third-order valence-corrected chi connectivity index (χ3v) is 4.70. The summed E-state index contributed by atoms with van der Waals surface area (Å²) in [6.07, 6.45) is 3.00. The van der Waals surface area contributed by atoms with Gasteiger partial charge in [-0.1, -0.05) is 6.07 Å². The molecule has 120 valence electrons. The van der Waals surface area contributed by atoms with Gasteiger partial charge in [0.2, 0.25) is 5.91 Å². The van der Waals surface area contributed by atoms with E-state index in [1.807, 2.05) is 11.4 Å². The third kappa shape index (κ3) is 3.50. The number of rotatable bonds is 3. The number of piperidine rings is 1. The van der Waals surface area contributed by atoms with Gasteiger partial charge in [-0.2, -0.15) is 0 Å². The van der Waals surface area contributed by atoms with Gasteiger partial charge in [-0.05, 0) is 36.4 Å². The minimum atomic E-state index is -0.297. The quantitative estimate of drug-likeness (QED) is 0.904. The van der Waals surface area contributed by atoms with Crippen LogP contribution in [0.5, 0.6) is 5.75 Å². The standard InChI is InChI=1S/C16H17N3O3S/c20-12-5-1-7-17-14(12)18-15(21)11-4-2-8-19(10-11)16(22)13-6-3-9-23-13/h1,3,5-7,9,11,20H,2,4,8,10H2,(H,17,18,21)/t11-/m0/s1. The van der Waals surface area contributed by atoms with Gasteiger partial charge in [-0.25, -0.2) is 4.98 Å². The lowest BCUT2D eigenvalue weighted by Gasteiger charge is -2.31. The van der Waals surface area contributed by atoms with Crippen LogP contribution in [-0.4, -0.2) is 39.9 Å². The molecule has 2 aromatic heterocycles. The number of hydrogen-bond acceptors (Lipinski definition) is 5. The zero-order valence-corrected chi connectivity index (χ0v) is 13.3. The SMILES string of the molecule is O=C(Nc1ncccc1O)[C@H]1CCCN(C(=O)c2cccs2)C1. The van der Waals surface area contributed by atoms with E-state index < -0.39 is 0 Å².